The van der Waals surface area contributed by atoms with Crippen LogP contribution < -0.4 is 10.1 Å². The average Bonchev–Trinajstić information content (AvgIpc) is 3.34. The Labute approximate surface area is 201 Å². The van der Waals surface area contributed by atoms with Crippen molar-refractivity contribution < 1.29 is 4.74 Å². The molecule has 1 aromatic heterocycles. The Bertz CT molecular complexity index is 1460. The van der Waals surface area contributed by atoms with E-state index in [1.54, 1.807) is 7.11 Å². The van der Waals surface area contributed by atoms with E-state index in [1.807, 2.05) is 78.2 Å². The molecule has 1 heterocycles. The maximum absolute atomic E-state index is 5.27. The van der Waals surface area contributed by atoms with E-state index in [-0.39, 0.29) is 0 Å². The van der Waals surface area contributed by atoms with Gasteiger partial charge in [0, 0.05) is 16.6 Å². The van der Waals surface area contributed by atoms with Crippen molar-refractivity contribution in [2.45, 2.75) is 0 Å². The van der Waals surface area contributed by atoms with Crippen molar-refractivity contribution in [3.05, 3.63) is 108 Å². The first-order valence-electron chi connectivity index (χ1n) is 10.7. The molecule has 0 bridgehead atoms. The summed E-state index contributed by atoms with van der Waals surface area (Å²) in [6, 6.07) is 31.6. The fraction of sp³-hybridized carbons (Fsp3) is 0.0370. The largest absolute Gasteiger partial charge is 0.497 e. The molecule has 0 fully saturated rings. The number of thiazole rings is 1. The first-order valence-corrected chi connectivity index (χ1v) is 11.6. The molecule has 0 radical (unpaired) electrons. The van der Waals surface area contributed by atoms with Crippen molar-refractivity contribution in [2.24, 2.45) is 15.2 Å². The number of aromatic nitrogens is 1. The molecule has 5 rings (SSSR count). The Morgan fingerprint density at radius 2 is 1.62 bits per heavy atom. The molecule has 5 aromatic rings. The number of hydrogen-bond acceptors (Lipinski definition) is 6. The number of benzene rings is 4. The highest BCUT2D eigenvalue weighted by Gasteiger charge is 2.08. The average molecular weight is 464 g/mol. The molecule has 0 aliphatic rings. The van der Waals surface area contributed by atoms with Gasteiger partial charge in [-0.2, -0.15) is 4.99 Å². The summed E-state index contributed by atoms with van der Waals surface area (Å²) in [5.74, 6) is 1.96. The van der Waals surface area contributed by atoms with Crippen molar-refractivity contribution >= 4 is 50.3 Å². The molecule has 0 saturated carbocycles. The van der Waals surface area contributed by atoms with Crippen molar-refractivity contribution in [3.8, 4) is 5.75 Å². The van der Waals surface area contributed by atoms with Crippen LogP contribution in [0.2, 0.25) is 0 Å². The normalized spacial score (nSPS) is 11.7. The van der Waals surface area contributed by atoms with Crippen LogP contribution in [0, 0.1) is 0 Å². The van der Waals surface area contributed by atoms with Crippen molar-refractivity contribution in [3.63, 3.8) is 0 Å². The number of rotatable bonds is 6. The van der Waals surface area contributed by atoms with E-state index in [2.05, 4.69) is 44.8 Å². The maximum Gasteiger partial charge on any atom is 0.213 e. The van der Waals surface area contributed by atoms with Gasteiger partial charge in [0.15, 0.2) is 5.84 Å². The number of ether oxygens (including phenoxy) is 1. The van der Waals surface area contributed by atoms with Crippen LogP contribution in [0.5, 0.6) is 5.75 Å². The summed E-state index contributed by atoms with van der Waals surface area (Å²) >= 11 is 1.44. The van der Waals surface area contributed by atoms with Gasteiger partial charge in [-0.15, -0.1) is 21.6 Å². The van der Waals surface area contributed by atoms with Crippen LogP contribution in [0.15, 0.2) is 118 Å². The van der Waals surface area contributed by atoms with Gasteiger partial charge in [-0.25, -0.2) is 4.98 Å². The number of methoxy groups -OCH3 is 1. The lowest BCUT2D eigenvalue weighted by Crippen LogP contribution is -1.96. The van der Waals surface area contributed by atoms with Gasteiger partial charge in [-0.1, -0.05) is 48.5 Å². The first-order chi connectivity index (χ1) is 16.8. The fourth-order valence-electron chi connectivity index (χ4n) is 3.36. The molecule has 1 N–H and O–H groups in total. The second kappa shape index (κ2) is 10.1. The van der Waals surface area contributed by atoms with E-state index < -0.39 is 0 Å². The van der Waals surface area contributed by atoms with Crippen molar-refractivity contribution in [1.29, 1.82) is 0 Å². The van der Waals surface area contributed by atoms with E-state index in [4.69, 9.17) is 9.73 Å². The second-order valence-electron chi connectivity index (χ2n) is 7.40. The van der Waals surface area contributed by atoms with Gasteiger partial charge >= 0.3 is 0 Å². The molecular weight excluding hydrogens is 442 g/mol. The minimum atomic E-state index is 0.470. The second-order valence-corrected chi connectivity index (χ2v) is 8.24. The predicted octanol–water partition coefficient (Wildman–Crippen LogP) is 7.91. The highest BCUT2D eigenvalue weighted by atomic mass is 32.1. The van der Waals surface area contributed by atoms with Crippen LogP contribution in [-0.2, 0) is 0 Å². The standard InChI is InChI=1S/C27H21N5OS/c1-33-24-15-12-20(13-16-24)26(32-31-22-9-3-2-4-10-22)30-27-29-25(18-34-27)28-23-14-11-19-7-5-6-8-21(19)17-23/h2-18,28H,1H3/b30-26-,32-31?. The van der Waals surface area contributed by atoms with Gasteiger partial charge in [0.1, 0.15) is 11.6 Å². The van der Waals surface area contributed by atoms with E-state index in [0.29, 0.717) is 11.0 Å². The molecule has 0 saturated heterocycles. The third kappa shape index (κ3) is 5.16. The molecule has 4 aromatic carbocycles. The zero-order valence-electron chi connectivity index (χ0n) is 18.4. The van der Waals surface area contributed by atoms with E-state index >= 15 is 0 Å². The van der Waals surface area contributed by atoms with Gasteiger partial charge in [0.05, 0.1) is 12.8 Å². The molecule has 34 heavy (non-hydrogen) atoms. The third-order valence-electron chi connectivity index (χ3n) is 5.08. The zero-order chi connectivity index (χ0) is 23.2. The molecule has 6 nitrogen and oxygen atoms in total. The first kappa shape index (κ1) is 21.5. The Morgan fingerprint density at radius 1 is 0.853 bits per heavy atom. The minimum absolute atomic E-state index is 0.470. The number of amidine groups is 1. The number of fused-ring (bicyclic) bond motifs is 1. The summed E-state index contributed by atoms with van der Waals surface area (Å²) in [4.78, 5) is 9.33. The van der Waals surface area contributed by atoms with Crippen LogP contribution in [-0.4, -0.2) is 17.9 Å². The summed E-state index contributed by atoms with van der Waals surface area (Å²) in [6.07, 6.45) is 0. The molecule has 0 atom stereocenters. The molecular formula is C27H21N5OS. The third-order valence-corrected chi connectivity index (χ3v) is 5.81. The monoisotopic (exact) mass is 463 g/mol. The van der Waals surface area contributed by atoms with Crippen LogP contribution in [0.1, 0.15) is 5.56 Å². The minimum Gasteiger partial charge on any atom is -0.497 e. The van der Waals surface area contributed by atoms with E-state index in [9.17, 15) is 0 Å². The zero-order valence-corrected chi connectivity index (χ0v) is 19.2. The summed E-state index contributed by atoms with van der Waals surface area (Å²) in [6.45, 7) is 0. The number of nitrogens with one attached hydrogen (secondary N) is 1. The predicted molar refractivity (Wildman–Crippen MR) is 139 cm³/mol. The van der Waals surface area contributed by atoms with Crippen LogP contribution in [0.3, 0.4) is 0 Å². The molecule has 0 unspecified atom stereocenters. The number of anilines is 2. The van der Waals surface area contributed by atoms with Crippen molar-refractivity contribution in [2.75, 3.05) is 12.4 Å². The number of nitrogens with zero attached hydrogens (tertiary/aromatic N) is 4. The molecule has 7 heteroatoms. The van der Waals surface area contributed by atoms with Crippen molar-refractivity contribution in [1.82, 2.24) is 4.98 Å². The van der Waals surface area contributed by atoms with Gasteiger partial charge in [-0.3, -0.25) is 0 Å². The number of aliphatic imine (C=N–C) groups is 1. The SMILES string of the molecule is COc1ccc(/C(N=Nc2ccccc2)=N/c2nc(Nc3ccc4ccccc4c3)cs2)cc1. The van der Waals surface area contributed by atoms with Gasteiger partial charge < -0.3 is 10.1 Å². The van der Waals surface area contributed by atoms with Crippen LogP contribution >= 0.6 is 11.3 Å². The van der Waals surface area contributed by atoms with Crippen LogP contribution in [0.25, 0.3) is 10.8 Å². The van der Waals surface area contributed by atoms with E-state index in [0.717, 1.165) is 28.5 Å². The van der Waals surface area contributed by atoms with Gasteiger partial charge in [-0.05, 0) is 59.3 Å². The van der Waals surface area contributed by atoms with Gasteiger partial charge in [0.25, 0.3) is 0 Å². The molecule has 0 aliphatic carbocycles. The summed E-state index contributed by atoms with van der Waals surface area (Å²) < 4.78 is 5.27. The summed E-state index contributed by atoms with van der Waals surface area (Å²) in [7, 11) is 1.64. The molecule has 0 aliphatic heterocycles. The molecule has 0 amide bonds. The molecule has 166 valence electrons. The lowest BCUT2D eigenvalue weighted by molar-refractivity contribution is 0.415. The lowest BCUT2D eigenvalue weighted by atomic mass is 10.1. The Kier molecular flexibility index (Phi) is 6.36. The highest BCUT2D eigenvalue weighted by molar-refractivity contribution is 7.13. The Balaban J connectivity index is 1.42. The Morgan fingerprint density at radius 3 is 2.41 bits per heavy atom. The summed E-state index contributed by atoms with van der Waals surface area (Å²) in [5.41, 5.74) is 2.54. The Hall–Kier alpha value is -4.36. The quantitative estimate of drug-likeness (QED) is 0.158. The topological polar surface area (TPSA) is 71.2 Å². The van der Waals surface area contributed by atoms with Gasteiger partial charge in [0.2, 0.25) is 5.13 Å². The smallest absolute Gasteiger partial charge is 0.213 e. The maximum atomic E-state index is 5.27. The molecule has 0 spiro atoms. The van der Waals surface area contributed by atoms with Crippen LogP contribution in [0.4, 0.5) is 22.3 Å². The fourth-order valence-corrected chi connectivity index (χ4v) is 3.98. The number of azo groups is 1. The van der Waals surface area contributed by atoms with E-state index in [1.165, 1.54) is 22.1 Å². The lowest BCUT2D eigenvalue weighted by Gasteiger charge is -2.04. The number of hydrogen-bond donors (Lipinski definition) is 1. The summed E-state index contributed by atoms with van der Waals surface area (Å²) in [5, 5.41) is 17.0. The highest BCUT2D eigenvalue weighted by Crippen LogP contribution is 2.28.